The van der Waals surface area contributed by atoms with Crippen molar-refractivity contribution in [1.82, 2.24) is 0 Å². The van der Waals surface area contributed by atoms with Gasteiger partial charge in [0.2, 0.25) is 0 Å². The fourth-order valence-corrected chi connectivity index (χ4v) is 19.9. The van der Waals surface area contributed by atoms with Crippen LogP contribution in [0.3, 0.4) is 0 Å². The monoisotopic (exact) mass is 1870 g/mol. The smallest absolute Gasteiger partial charge is 0.416 e. The molecule has 0 aliphatic carbocycles. The van der Waals surface area contributed by atoms with Crippen molar-refractivity contribution >= 4 is 199 Å². The van der Waals surface area contributed by atoms with E-state index in [1.165, 1.54) is 92.0 Å². The summed E-state index contributed by atoms with van der Waals surface area (Å²) in [6, 6.07) is 144. The van der Waals surface area contributed by atoms with Gasteiger partial charge in [0.25, 0.3) is 0 Å². The molecule has 0 spiro atoms. The molecular weight excluding hydrogens is 1780 g/mol. The Labute approximate surface area is 816 Å². The Balaban J connectivity index is 0.000000122. The lowest BCUT2D eigenvalue weighted by atomic mass is 9.91. The molecule has 0 bridgehead atoms. The Morgan fingerprint density at radius 1 is 0.176 bits per heavy atom. The normalized spacial score (nSPS) is 11.5. The number of methoxy groups -OCH3 is 3. The molecule has 690 valence electrons. The largest absolute Gasteiger partial charge is 0.497 e. The molecule has 0 atom stereocenters. The number of hydrogen-bond acceptors (Lipinski definition) is 9. The van der Waals surface area contributed by atoms with Crippen LogP contribution in [0.1, 0.15) is 16.7 Å². The molecule has 24 aromatic rings. The van der Waals surface area contributed by atoms with Crippen molar-refractivity contribution in [3.05, 3.63) is 489 Å². The van der Waals surface area contributed by atoms with E-state index >= 15 is 0 Å². The van der Waals surface area contributed by atoms with Gasteiger partial charge >= 0.3 is 6.18 Å². The van der Waals surface area contributed by atoms with Gasteiger partial charge in [-0.3, -0.25) is 0 Å². The topological polar surface area (TPSA) is 47.1 Å². The minimum atomic E-state index is -4.41. The van der Waals surface area contributed by atoms with Gasteiger partial charge < -0.3 is 43.6 Å². The fraction of sp³-hybridized carbons (Fsp3) is 0.0476. The van der Waals surface area contributed by atoms with E-state index in [0.717, 1.165) is 191 Å². The molecule has 16 heteroatoms. The summed E-state index contributed by atoms with van der Waals surface area (Å²) in [5.41, 5.74) is 18.4. The Kier molecular flexibility index (Phi) is 23.6. The minimum absolute atomic E-state index is 0.349. The summed E-state index contributed by atoms with van der Waals surface area (Å²) in [4.78, 5) is 13.0. The zero-order valence-electron chi connectivity index (χ0n) is 77.8. The first-order chi connectivity index (χ1) is 69.4. The molecule has 142 heavy (non-hydrogen) atoms. The van der Waals surface area contributed by atoms with Gasteiger partial charge in [-0.25, -0.2) is 17.6 Å². The van der Waals surface area contributed by atoms with Crippen LogP contribution in [0.5, 0.6) is 17.2 Å². The van der Waals surface area contributed by atoms with Crippen molar-refractivity contribution in [2.45, 2.75) is 20.0 Å². The van der Waals surface area contributed by atoms with Crippen molar-refractivity contribution in [1.29, 1.82) is 0 Å². The highest BCUT2D eigenvalue weighted by Crippen LogP contribution is 2.54. The van der Waals surface area contributed by atoms with Crippen molar-refractivity contribution in [2.24, 2.45) is 0 Å². The number of para-hydroxylation sites is 2. The summed E-state index contributed by atoms with van der Waals surface area (Å²) in [5.74, 6) is 1.06. The first-order valence-corrected chi connectivity index (χ1v) is 46.6. The number of alkyl halides is 3. The van der Waals surface area contributed by atoms with Crippen molar-refractivity contribution in [3.8, 4) is 17.2 Å². The predicted molar refractivity (Wildman–Crippen MR) is 573 cm³/mol. The van der Waals surface area contributed by atoms with Crippen LogP contribution >= 0.6 is 0 Å². The molecular formula is C126H89F7N6O3. The zero-order chi connectivity index (χ0) is 97.0. The number of ether oxygens (including phenoxy) is 3. The lowest BCUT2D eigenvalue weighted by Gasteiger charge is -2.29. The molecule has 0 saturated heterocycles. The van der Waals surface area contributed by atoms with E-state index in [2.05, 4.69) is 271 Å². The number of aryl methyl sites for hydroxylation is 2. The summed E-state index contributed by atoms with van der Waals surface area (Å²) in [5, 5.41) is 19.9. The van der Waals surface area contributed by atoms with Gasteiger partial charge in [0.15, 0.2) is 0 Å². The number of halogens is 7. The third-order valence-electron chi connectivity index (χ3n) is 26.7. The van der Waals surface area contributed by atoms with Gasteiger partial charge in [0.05, 0.1) is 61.0 Å². The molecule has 0 heterocycles. The molecule has 0 radical (unpaired) electrons. The predicted octanol–water partition coefficient (Wildman–Crippen LogP) is 36.8. The van der Waals surface area contributed by atoms with Crippen LogP contribution in [0.25, 0.3) is 97.0 Å². The van der Waals surface area contributed by atoms with Crippen LogP contribution in [0, 0.1) is 37.1 Å². The molecule has 24 aromatic carbocycles. The lowest BCUT2D eigenvalue weighted by molar-refractivity contribution is -0.137. The first-order valence-electron chi connectivity index (χ1n) is 46.6. The summed E-state index contributed by atoms with van der Waals surface area (Å²) in [6.45, 7) is 4.21. The molecule has 0 amide bonds. The van der Waals surface area contributed by atoms with Crippen LogP contribution in [-0.2, 0) is 6.18 Å². The highest BCUT2D eigenvalue weighted by atomic mass is 19.4. The first kappa shape index (κ1) is 89.3. The second-order valence-corrected chi connectivity index (χ2v) is 35.2. The zero-order valence-corrected chi connectivity index (χ0v) is 77.8. The van der Waals surface area contributed by atoms with Gasteiger partial charge in [-0.1, -0.05) is 181 Å². The van der Waals surface area contributed by atoms with Crippen molar-refractivity contribution < 1.29 is 44.9 Å². The van der Waals surface area contributed by atoms with Gasteiger partial charge in [0.1, 0.15) is 40.5 Å². The average molecular weight is 1870 g/mol. The SMILES string of the molecule is COc1ccc(N(c2ccc(C)cc2)c2ccc3ccc4c(N(c5ccc(OC)cc5)c5ccc(OC)cc5)ccc5ccc2c3c54)cc1.Cc1ccc(N(c2ccccc2)c2ccc3ccc4c(N(c5ccccc5)c5ccc(C(F)(F)F)cc5)ccc5ccc2c3c54)cc1.Fc1ccc(N(c2ccc(F)cc2)c2ccc3ccc4c(N(c5ccc(F)cc5)c5ccc(F)cc5)ccc5ccc2c3c54)cc1. The number of benzene rings is 24. The van der Waals surface area contributed by atoms with E-state index in [0.29, 0.717) is 5.69 Å². The number of rotatable bonds is 21. The van der Waals surface area contributed by atoms with Crippen LogP contribution in [0.2, 0.25) is 0 Å². The van der Waals surface area contributed by atoms with Gasteiger partial charge in [-0.2, -0.15) is 13.2 Å². The molecule has 9 nitrogen and oxygen atoms in total. The maximum atomic E-state index is 14.0. The molecule has 0 N–H and O–H groups in total. The van der Waals surface area contributed by atoms with Crippen LogP contribution in [0.15, 0.2) is 449 Å². The van der Waals surface area contributed by atoms with E-state index in [1.54, 1.807) is 82.0 Å². The summed E-state index contributed by atoms with van der Waals surface area (Å²) < 4.78 is 113. The standard InChI is InChI=1S/C44H36N2O3.C42H29F3N2.C40H24F4N2/c1-29-5-11-32(12-6-29)45(33-13-19-36(47-2)20-14-33)41-27-9-30-8-26-40-42(28-10-31-7-25-39(41)43(30)44(31)40)46(34-15-21-37(48-3)22-16-34)35-17-23-38(49-4)24-18-35;1-28-12-20-34(21-13-28)46(32-8-4-2-5-9-32)38-26-16-29-15-25-37-39(27-17-30-14-24-36(38)40(29)41(30)37)47(33-10-6-3-7-11-33)35-22-18-31(19-23-35)42(43,44)45;41-27-5-13-31(14-6-27)45(32-15-7-28(42)8-16-32)37-24-4-26-2-22-36-38(23-3-25-1-21-35(37)40(26)39(25)36)46(33-17-9-29(43)10-18-33)34-19-11-30(44)12-20-34/h5-28H,1-4H3;2-27H,1H3;1-24H. The van der Waals surface area contributed by atoms with Crippen molar-refractivity contribution in [3.63, 3.8) is 0 Å². The maximum Gasteiger partial charge on any atom is 0.416 e. The van der Waals surface area contributed by atoms with Crippen molar-refractivity contribution in [2.75, 3.05) is 50.7 Å². The Morgan fingerprint density at radius 2 is 0.338 bits per heavy atom. The van der Waals surface area contributed by atoms with Gasteiger partial charge in [-0.05, 0) is 358 Å². The van der Waals surface area contributed by atoms with E-state index in [9.17, 15) is 30.7 Å². The summed E-state index contributed by atoms with van der Waals surface area (Å²) >= 11 is 0. The highest BCUT2D eigenvalue weighted by molar-refractivity contribution is 6.31. The number of hydrogen-bond donors (Lipinski definition) is 0. The summed E-state index contributed by atoms with van der Waals surface area (Å²) in [6.07, 6.45) is -4.41. The third kappa shape index (κ3) is 16.8. The molecule has 0 fully saturated rings. The molecule has 0 aromatic heterocycles. The second kappa shape index (κ2) is 37.5. The van der Waals surface area contributed by atoms with Crippen LogP contribution < -0.4 is 43.6 Å². The van der Waals surface area contributed by atoms with E-state index in [-0.39, 0.29) is 23.3 Å². The van der Waals surface area contributed by atoms with Crippen LogP contribution in [-0.4, -0.2) is 21.3 Å². The summed E-state index contributed by atoms with van der Waals surface area (Å²) in [7, 11) is 5.09. The van der Waals surface area contributed by atoms with Gasteiger partial charge in [0, 0.05) is 101 Å². The molecule has 0 saturated carbocycles. The van der Waals surface area contributed by atoms with E-state index in [4.69, 9.17) is 14.2 Å². The Morgan fingerprint density at radius 3 is 0.521 bits per heavy atom. The molecule has 0 aliphatic rings. The van der Waals surface area contributed by atoms with E-state index < -0.39 is 11.7 Å². The molecule has 0 aliphatic heterocycles. The number of nitrogens with zero attached hydrogens (tertiary/aromatic N) is 6. The minimum Gasteiger partial charge on any atom is -0.497 e. The Hall–Kier alpha value is -17.9. The number of anilines is 18. The third-order valence-corrected chi connectivity index (χ3v) is 26.7. The lowest BCUT2D eigenvalue weighted by Crippen LogP contribution is -2.12. The second-order valence-electron chi connectivity index (χ2n) is 35.2. The fourth-order valence-electron chi connectivity index (χ4n) is 19.9. The maximum absolute atomic E-state index is 14.0. The van der Waals surface area contributed by atoms with Gasteiger partial charge in [-0.15, -0.1) is 0 Å². The van der Waals surface area contributed by atoms with Crippen LogP contribution in [0.4, 0.5) is 133 Å². The molecule has 0 unspecified atom stereocenters. The average Bonchev–Trinajstić information content (AvgIpc) is 0.726. The highest BCUT2D eigenvalue weighted by Gasteiger charge is 2.32. The molecule has 24 rings (SSSR count). The Bertz CT molecular complexity index is 8370. The quantitative estimate of drug-likeness (QED) is 0.0517. The van der Waals surface area contributed by atoms with E-state index in [1.807, 2.05) is 99.6 Å².